The highest BCUT2D eigenvalue weighted by Gasteiger charge is 2.30. The van der Waals surface area contributed by atoms with Crippen molar-refractivity contribution in [2.75, 3.05) is 7.11 Å². The Balaban J connectivity index is 1.81. The van der Waals surface area contributed by atoms with E-state index in [9.17, 15) is 0 Å². The summed E-state index contributed by atoms with van der Waals surface area (Å²) in [5.41, 5.74) is 0.0686. The SMILES string of the molecule is COc1ccc(-c2noc(C(C)(C)Oc3ccc(Cl)cc3)n2)cc1. The molecule has 1 heterocycles. The molecule has 0 fully saturated rings. The van der Waals surface area contributed by atoms with Crippen LogP contribution in [-0.2, 0) is 5.60 Å². The Kier molecular flexibility index (Phi) is 4.44. The number of ether oxygens (including phenoxy) is 2. The molecule has 24 heavy (non-hydrogen) atoms. The zero-order chi connectivity index (χ0) is 17.2. The first kappa shape index (κ1) is 16.3. The van der Waals surface area contributed by atoms with Gasteiger partial charge >= 0.3 is 0 Å². The monoisotopic (exact) mass is 344 g/mol. The maximum Gasteiger partial charge on any atom is 0.270 e. The van der Waals surface area contributed by atoms with Gasteiger partial charge in [-0.15, -0.1) is 0 Å². The number of halogens is 1. The van der Waals surface area contributed by atoms with E-state index >= 15 is 0 Å². The van der Waals surface area contributed by atoms with Crippen LogP contribution in [0.4, 0.5) is 0 Å². The first-order chi connectivity index (χ1) is 11.5. The molecular weight excluding hydrogens is 328 g/mol. The highest BCUT2D eigenvalue weighted by atomic mass is 35.5. The molecule has 124 valence electrons. The highest BCUT2D eigenvalue weighted by molar-refractivity contribution is 6.30. The summed E-state index contributed by atoms with van der Waals surface area (Å²) in [4.78, 5) is 4.45. The van der Waals surface area contributed by atoms with Crippen LogP contribution in [0.25, 0.3) is 11.4 Å². The van der Waals surface area contributed by atoms with Crippen molar-refractivity contribution in [2.24, 2.45) is 0 Å². The Morgan fingerprint density at radius 1 is 0.958 bits per heavy atom. The molecule has 6 heteroatoms. The van der Waals surface area contributed by atoms with Crippen molar-refractivity contribution in [3.63, 3.8) is 0 Å². The topological polar surface area (TPSA) is 57.4 Å². The second-order valence-corrected chi connectivity index (χ2v) is 6.15. The molecule has 0 atom stereocenters. The summed E-state index contributed by atoms with van der Waals surface area (Å²) in [6.07, 6.45) is 0. The zero-order valence-electron chi connectivity index (χ0n) is 13.6. The first-order valence-corrected chi connectivity index (χ1v) is 7.79. The minimum absolute atomic E-state index is 0.392. The van der Waals surface area contributed by atoms with Crippen LogP contribution in [0.15, 0.2) is 53.1 Å². The first-order valence-electron chi connectivity index (χ1n) is 7.41. The third-order valence-electron chi connectivity index (χ3n) is 3.48. The fourth-order valence-electron chi connectivity index (χ4n) is 2.17. The standard InChI is InChI=1S/C18H17ClN2O3/c1-18(2,23-15-10-6-13(19)7-11-15)17-20-16(21-24-17)12-4-8-14(22-3)9-5-12/h4-11H,1-3H3. The molecule has 0 aliphatic heterocycles. The molecule has 0 spiro atoms. The molecule has 5 nitrogen and oxygen atoms in total. The van der Waals surface area contributed by atoms with Crippen LogP contribution in [0, 0.1) is 0 Å². The molecule has 0 saturated heterocycles. The zero-order valence-corrected chi connectivity index (χ0v) is 14.4. The Bertz CT molecular complexity index is 811. The number of aromatic nitrogens is 2. The largest absolute Gasteiger partial charge is 0.497 e. The molecule has 0 N–H and O–H groups in total. The van der Waals surface area contributed by atoms with Crippen molar-refractivity contribution >= 4 is 11.6 Å². The molecule has 3 rings (SSSR count). The molecule has 0 aliphatic rings. The Hall–Kier alpha value is -2.53. The quantitative estimate of drug-likeness (QED) is 0.670. The smallest absolute Gasteiger partial charge is 0.270 e. The number of hydrogen-bond donors (Lipinski definition) is 0. The lowest BCUT2D eigenvalue weighted by Crippen LogP contribution is -2.25. The van der Waals surface area contributed by atoms with Crippen LogP contribution in [0.5, 0.6) is 11.5 Å². The van der Waals surface area contributed by atoms with Crippen molar-refractivity contribution in [1.29, 1.82) is 0 Å². The van der Waals surface area contributed by atoms with Gasteiger partial charge in [-0.2, -0.15) is 4.98 Å². The van der Waals surface area contributed by atoms with Crippen molar-refractivity contribution in [3.8, 4) is 22.9 Å². The van der Waals surface area contributed by atoms with Gasteiger partial charge in [-0.3, -0.25) is 0 Å². The number of rotatable bonds is 5. The number of nitrogens with zero attached hydrogens (tertiary/aromatic N) is 2. The van der Waals surface area contributed by atoms with E-state index in [0.29, 0.717) is 22.5 Å². The van der Waals surface area contributed by atoms with Gasteiger partial charge in [0.15, 0.2) is 5.60 Å². The maximum absolute atomic E-state index is 5.95. The van der Waals surface area contributed by atoms with Gasteiger partial charge in [0, 0.05) is 10.6 Å². The second-order valence-electron chi connectivity index (χ2n) is 5.72. The van der Waals surface area contributed by atoms with E-state index in [1.165, 1.54) is 0 Å². The van der Waals surface area contributed by atoms with Gasteiger partial charge in [-0.05, 0) is 62.4 Å². The third-order valence-corrected chi connectivity index (χ3v) is 3.73. The molecule has 0 amide bonds. The summed E-state index contributed by atoms with van der Waals surface area (Å²) in [6, 6.07) is 14.6. The van der Waals surface area contributed by atoms with E-state index in [1.807, 2.05) is 38.1 Å². The lowest BCUT2D eigenvalue weighted by Gasteiger charge is -2.22. The summed E-state index contributed by atoms with van der Waals surface area (Å²) in [6.45, 7) is 3.74. The van der Waals surface area contributed by atoms with E-state index in [4.69, 9.17) is 25.6 Å². The van der Waals surface area contributed by atoms with Crippen LogP contribution in [0.1, 0.15) is 19.7 Å². The highest BCUT2D eigenvalue weighted by Crippen LogP contribution is 2.29. The van der Waals surface area contributed by atoms with E-state index in [2.05, 4.69) is 10.1 Å². The average Bonchev–Trinajstić information content (AvgIpc) is 3.08. The predicted octanol–water partition coefficient (Wildman–Crippen LogP) is 4.71. The number of methoxy groups -OCH3 is 1. The van der Waals surface area contributed by atoms with Crippen LogP contribution < -0.4 is 9.47 Å². The summed E-state index contributed by atoms with van der Waals surface area (Å²) in [5.74, 6) is 2.34. The van der Waals surface area contributed by atoms with Gasteiger partial charge in [0.2, 0.25) is 5.82 Å². The molecule has 2 aromatic carbocycles. The van der Waals surface area contributed by atoms with Crippen molar-refractivity contribution < 1.29 is 14.0 Å². The number of benzene rings is 2. The lowest BCUT2D eigenvalue weighted by atomic mass is 10.1. The summed E-state index contributed by atoms with van der Waals surface area (Å²) in [7, 11) is 1.62. The molecule has 0 unspecified atom stereocenters. The van der Waals surface area contributed by atoms with E-state index in [-0.39, 0.29) is 0 Å². The van der Waals surface area contributed by atoms with Gasteiger partial charge < -0.3 is 14.0 Å². The number of hydrogen-bond acceptors (Lipinski definition) is 5. The molecular formula is C18H17ClN2O3. The summed E-state index contributed by atoms with van der Waals surface area (Å²) in [5, 5.41) is 4.69. The molecule has 1 aromatic heterocycles. The fraction of sp³-hybridized carbons (Fsp3) is 0.222. The molecule has 3 aromatic rings. The van der Waals surface area contributed by atoms with Gasteiger partial charge in [0.05, 0.1) is 7.11 Å². The van der Waals surface area contributed by atoms with E-state index in [0.717, 1.165) is 11.3 Å². The van der Waals surface area contributed by atoms with Gasteiger partial charge in [-0.1, -0.05) is 16.8 Å². The minimum Gasteiger partial charge on any atom is -0.497 e. The normalized spacial score (nSPS) is 11.3. The molecule has 0 radical (unpaired) electrons. The van der Waals surface area contributed by atoms with Crippen LogP contribution in [-0.4, -0.2) is 17.3 Å². The molecule has 0 saturated carbocycles. The van der Waals surface area contributed by atoms with Crippen LogP contribution >= 0.6 is 11.6 Å². The van der Waals surface area contributed by atoms with Crippen LogP contribution in [0.2, 0.25) is 5.02 Å². The van der Waals surface area contributed by atoms with Gasteiger partial charge in [0.25, 0.3) is 5.89 Å². The van der Waals surface area contributed by atoms with Crippen LogP contribution in [0.3, 0.4) is 0 Å². The Morgan fingerprint density at radius 2 is 1.58 bits per heavy atom. The van der Waals surface area contributed by atoms with E-state index in [1.54, 1.807) is 31.4 Å². The average molecular weight is 345 g/mol. The van der Waals surface area contributed by atoms with Gasteiger partial charge in [0.1, 0.15) is 11.5 Å². The Morgan fingerprint density at radius 3 is 2.21 bits per heavy atom. The van der Waals surface area contributed by atoms with Gasteiger partial charge in [-0.25, -0.2) is 0 Å². The van der Waals surface area contributed by atoms with E-state index < -0.39 is 5.60 Å². The predicted molar refractivity (Wildman–Crippen MR) is 91.4 cm³/mol. The molecule has 0 aliphatic carbocycles. The molecule has 0 bridgehead atoms. The third kappa shape index (κ3) is 3.51. The van der Waals surface area contributed by atoms with Crippen molar-refractivity contribution in [1.82, 2.24) is 10.1 Å². The minimum atomic E-state index is -0.772. The lowest BCUT2D eigenvalue weighted by molar-refractivity contribution is 0.0692. The Labute approximate surface area is 145 Å². The summed E-state index contributed by atoms with van der Waals surface area (Å²) >= 11 is 5.89. The summed E-state index contributed by atoms with van der Waals surface area (Å²) < 4.78 is 16.5. The van der Waals surface area contributed by atoms with Crippen molar-refractivity contribution in [3.05, 3.63) is 59.4 Å². The van der Waals surface area contributed by atoms with Crippen molar-refractivity contribution in [2.45, 2.75) is 19.4 Å². The fourth-order valence-corrected chi connectivity index (χ4v) is 2.29. The maximum atomic E-state index is 5.95. The second kappa shape index (κ2) is 6.53.